The van der Waals surface area contributed by atoms with Gasteiger partial charge >= 0.3 is 5.97 Å². The van der Waals surface area contributed by atoms with Crippen molar-refractivity contribution >= 4 is 16.9 Å². The monoisotopic (exact) mass is 222 g/mol. The van der Waals surface area contributed by atoms with E-state index in [-0.39, 0.29) is 12.2 Å². The lowest BCUT2D eigenvalue weighted by atomic mass is 10.1. The Morgan fingerprint density at radius 2 is 2.31 bits per heavy atom. The first kappa shape index (κ1) is 10.6. The van der Waals surface area contributed by atoms with Gasteiger partial charge in [-0.05, 0) is 17.7 Å². The number of rotatable bonds is 3. The highest BCUT2D eigenvalue weighted by atomic mass is 19.1. The minimum atomic E-state index is -1.09. The molecule has 2 rings (SSSR count). The van der Waals surface area contributed by atoms with Crippen molar-refractivity contribution in [1.82, 2.24) is 4.98 Å². The van der Waals surface area contributed by atoms with Crippen molar-refractivity contribution in [3.63, 3.8) is 0 Å². The maximum Gasteiger partial charge on any atom is 0.320 e. The molecule has 0 saturated carbocycles. The van der Waals surface area contributed by atoms with Crippen LogP contribution in [0.15, 0.2) is 24.4 Å². The van der Waals surface area contributed by atoms with Gasteiger partial charge in [0, 0.05) is 23.5 Å². The molecule has 0 bridgehead atoms. The average Bonchev–Trinajstić information content (AvgIpc) is 2.63. The third-order valence-corrected chi connectivity index (χ3v) is 2.49. The van der Waals surface area contributed by atoms with Gasteiger partial charge in [-0.3, -0.25) is 4.79 Å². The molecule has 0 amide bonds. The summed E-state index contributed by atoms with van der Waals surface area (Å²) in [4.78, 5) is 13.5. The number of nitrogens with one attached hydrogen (secondary N) is 1. The van der Waals surface area contributed by atoms with E-state index < -0.39 is 12.0 Å². The Labute approximate surface area is 90.9 Å². The lowest BCUT2D eigenvalue weighted by Gasteiger charge is -2.05. The smallest absolute Gasteiger partial charge is 0.320 e. The Kier molecular flexibility index (Phi) is 2.62. The molecule has 0 spiro atoms. The molecule has 0 aliphatic carbocycles. The van der Waals surface area contributed by atoms with Gasteiger partial charge in [0.1, 0.15) is 11.9 Å². The first-order valence-electron chi connectivity index (χ1n) is 4.82. The van der Waals surface area contributed by atoms with Crippen molar-refractivity contribution in [1.29, 1.82) is 0 Å². The van der Waals surface area contributed by atoms with E-state index >= 15 is 0 Å². The van der Waals surface area contributed by atoms with E-state index in [0.717, 1.165) is 0 Å². The maximum absolute atomic E-state index is 13.5. The minimum absolute atomic E-state index is 0.107. The summed E-state index contributed by atoms with van der Waals surface area (Å²) in [6.07, 6.45) is 1.70. The summed E-state index contributed by atoms with van der Waals surface area (Å²) >= 11 is 0. The van der Waals surface area contributed by atoms with Crippen molar-refractivity contribution < 1.29 is 14.3 Å². The molecule has 0 aliphatic heterocycles. The van der Waals surface area contributed by atoms with Gasteiger partial charge in [0.25, 0.3) is 0 Å². The van der Waals surface area contributed by atoms with Crippen LogP contribution in [0.25, 0.3) is 10.9 Å². The molecule has 0 saturated heterocycles. The topological polar surface area (TPSA) is 79.1 Å². The first-order valence-corrected chi connectivity index (χ1v) is 4.82. The molecular weight excluding hydrogens is 211 g/mol. The zero-order chi connectivity index (χ0) is 11.7. The number of aromatic nitrogens is 1. The molecule has 0 aliphatic rings. The Morgan fingerprint density at radius 1 is 1.56 bits per heavy atom. The van der Waals surface area contributed by atoms with E-state index in [1.165, 1.54) is 6.07 Å². The van der Waals surface area contributed by atoms with Crippen LogP contribution in [0.3, 0.4) is 0 Å². The second-order valence-electron chi connectivity index (χ2n) is 3.63. The van der Waals surface area contributed by atoms with Gasteiger partial charge in [0.15, 0.2) is 0 Å². The summed E-state index contributed by atoms with van der Waals surface area (Å²) in [7, 11) is 0. The zero-order valence-electron chi connectivity index (χ0n) is 8.40. The van der Waals surface area contributed by atoms with E-state index in [4.69, 9.17) is 10.8 Å². The summed E-state index contributed by atoms with van der Waals surface area (Å²) in [5, 5.41) is 9.11. The standard InChI is InChI=1S/C11H11FN2O2/c12-7-2-1-3-9-10(7)6(5-14-9)4-8(13)11(15)16/h1-3,5,8,14H,4,13H2,(H,15,16). The highest BCUT2D eigenvalue weighted by molar-refractivity contribution is 5.84. The quantitative estimate of drug-likeness (QED) is 0.731. The Balaban J connectivity index is 2.42. The summed E-state index contributed by atoms with van der Waals surface area (Å²) in [6, 6.07) is 3.65. The fourth-order valence-corrected chi connectivity index (χ4v) is 1.69. The largest absolute Gasteiger partial charge is 0.480 e. The number of aliphatic carboxylic acids is 1. The van der Waals surface area contributed by atoms with Gasteiger partial charge in [0.05, 0.1) is 0 Å². The molecule has 0 fully saturated rings. The molecule has 4 N–H and O–H groups in total. The second-order valence-corrected chi connectivity index (χ2v) is 3.63. The van der Waals surface area contributed by atoms with Crippen LogP contribution in [0, 0.1) is 5.82 Å². The molecule has 1 aromatic heterocycles. The summed E-state index contributed by atoms with van der Waals surface area (Å²) in [5.74, 6) is -1.46. The number of carboxylic acids is 1. The number of benzene rings is 1. The number of hydrogen-bond donors (Lipinski definition) is 3. The van der Waals surface area contributed by atoms with Gasteiger partial charge in [-0.15, -0.1) is 0 Å². The number of fused-ring (bicyclic) bond motifs is 1. The van der Waals surface area contributed by atoms with Crippen LogP contribution < -0.4 is 5.73 Å². The molecule has 1 unspecified atom stereocenters. The number of carbonyl (C=O) groups is 1. The third-order valence-electron chi connectivity index (χ3n) is 2.49. The Bertz CT molecular complexity index is 536. The lowest BCUT2D eigenvalue weighted by molar-refractivity contribution is -0.138. The Morgan fingerprint density at radius 3 is 3.00 bits per heavy atom. The molecular formula is C11H11FN2O2. The number of hydrogen-bond acceptors (Lipinski definition) is 2. The third kappa shape index (κ3) is 1.77. The van der Waals surface area contributed by atoms with Gasteiger partial charge < -0.3 is 15.8 Å². The highest BCUT2D eigenvalue weighted by Gasteiger charge is 2.16. The average molecular weight is 222 g/mol. The van der Waals surface area contributed by atoms with Crippen molar-refractivity contribution in [3.8, 4) is 0 Å². The number of nitrogens with two attached hydrogens (primary N) is 1. The van der Waals surface area contributed by atoms with E-state index in [1.54, 1.807) is 18.3 Å². The predicted octanol–water partition coefficient (Wildman–Crippen LogP) is 1.26. The number of carboxylic acid groups (broad SMARTS) is 1. The zero-order valence-corrected chi connectivity index (χ0v) is 8.40. The normalized spacial score (nSPS) is 12.9. The predicted molar refractivity (Wildman–Crippen MR) is 57.6 cm³/mol. The fraction of sp³-hybridized carbons (Fsp3) is 0.182. The van der Waals surface area contributed by atoms with Crippen molar-refractivity contribution in [3.05, 3.63) is 35.8 Å². The number of halogens is 1. The van der Waals surface area contributed by atoms with E-state index in [0.29, 0.717) is 16.5 Å². The molecule has 16 heavy (non-hydrogen) atoms. The van der Waals surface area contributed by atoms with Gasteiger partial charge in [-0.1, -0.05) is 6.07 Å². The summed E-state index contributed by atoms with van der Waals surface area (Å²) in [6.45, 7) is 0. The minimum Gasteiger partial charge on any atom is -0.480 e. The van der Waals surface area contributed by atoms with Crippen molar-refractivity contribution in [2.24, 2.45) is 5.73 Å². The van der Waals surface area contributed by atoms with Crippen LogP contribution >= 0.6 is 0 Å². The number of aromatic amines is 1. The van der Waals surface area contributed by atoms with Crippen LogP contribution in [0.5, 0.6) is 0 Å². The van der Waals surface area contributed by atoms with E-state index in [1.807, 2.05) is 0 Å². The summed E-state index contributed by atoms with van der Waals surface area (Å²) < 4.78 is 13.5. The lowest BCUT2D eigenvalue weighted by Crippen LogP contribution is -2.32. The van der Waals surface area contributed by atoms with Gasteiger partial charge in [-0.25, -0.2) is 4.39 Å². The highest BCUT2D eigenvalue weighted by Crippen LogP contribution is 2.22. The molecule has 2 aromatic rings. The van der Waals surface area contributed by atoms with Crippen LogP contribution in [0.2, 0.25) is 0 Å². The maximum atomic E-state index is 13.5. The van der Waals surface area contributed by atoms with Gasteiger partial charge in [-0.2, -0.15) is 0 Å². The van der Waals surface area contributed by atoms with Crippen LogP contribution in [-0.2, 0) is 11.2 Å². The van der Waals surface area contributed by atoms with E-state index in [9.17, 15) is 9.18 Å². The molecule has 1 atom stereocenters. The molecule has 1 aromatic carbocycles. The van der Waals surface area contributed by atoms with E-state index in [2.05, 4.69) is 4.98 Å². The SMILES string of the molecule is NC(Cc1c[nH]c2cccc(F)c12)C(=O)O. The van der Waals surface area contributed by atoms with Crippen LogP contribution in [-0.4, -0.2) is 22.1 Å². The van der Waals surface area contributed by atoms with Crippen LogP contribution in [0.4, 0.5) is 4.39 Å². The Hall–Kier alpha value is -1.88. The van der Waals surface area contributed by atoms with Crippen LogP contribution in [0.1, 0.15) is 5.56 Å². The fourth-order valence-electron chi connectivity index (χ4n) is 1.69. The van der Waals surface area contributed by atoms with Gasteiger partial charge in [0.2, 0.25) is 0 Å². The number of H-pyrrole nitrogens is 1. The first-order chi connectivity index (χ1) is 7.59. The summed E-state index contributed by atoms with van der Waals surface area (Å²) in [5.41, 5.74) is 6.64. The molecule has 0 radical (unpaired) electrons. The second kappa shape index (κ2) is 3.94. The van der Waals surface area contributed by atoms with Crippen molar-refractivity contribution in [2.75, 3.05) is 0 Å². The molecule has 5 heteroatoms. The molecule has 4 nitrogen and oxygen atoms in total. The molecule has 84 valence electrons. The van der Waals surface area contributed by atoms with Crippen molar-refractivity contribution in [2.45, 2.75) is 12.5 Å². The molecule has 1 heterocycles.